The van der Waals surface area contributed by atoms with E-state index in [9.17, 15) is 14.0 Å². The summed E-state index contributed by atoms with van der Waals surface area (Å²) in [6.45, 7) is 0. The summed E-state index contributed by atoms with van der Waals surface area (Å²) in [5, 5.41) is 12.0. The molecule has 2 heterocycles. The number of amides is 1. The Bertz CT molecular complexity index is 1140. The molecule has 0 radical (unpaired) electrons. The fourth-order valence-electron chi connectivity index (χ4n) is 3.58. The molecule has 0 spiro atoms. The Morgan fingerprint density at radius 1 is 1.26 bits per heavy atom. The number of nitrogens with zero attached hydrogens (tertiary/aromatic N) is 3. The molecular formula is C21H21FN4O3S2. The second-order valence-electron chi connectivity index (χ2n) is 7.09. The molecule has 2 aromatic heterocycles. The largest absolute Gasteiger partial charge is 0.465 e. The van der Waals surface area contributed by atoms with Crippen LogP contribution in [0.2, 0.25) is 0 Å². The van der Waals surface area contributed by atoms with Crippen molar-refractivity contribution in [1.29, 1.82) is 0 Å². The highest BCUT2D eigenvalue weighted by Crippen LogP contribution is 2.38. The molecule has 1 aromatic carbocycles. The predicted octanol–water partition coefficient (Wildman–Crippen LogP) is 4.08. The number of rotatable bonds is 6. The van der Waals surface area contributed by atoms with Crippen molar-refractivity contribution in [3.05, 3.63) is 46.1 Å². The summed E-state index contributed by atoms with van der Waals surface area (Å²) in [7, 11) is 3.07. The highest BCUT2D eigenvalue weighted by molar-refractivity contribution is 7.99. The van der Waals surface area contributed by atoms with E-state index < -0.39 is 5.97 Å². The van der Waals surface area contributed by atoms with Crippen LogP contribution in [0.1, 0.15) is 33.6 Å². The maximum Gasteiger partial charge on any atom is 0.341 e. The fraction of sp³-hybridized carbons (Fsp3) is 0.333. The van der Waals surface area contributed by atoms with Gasteiger partial charge in [-0.05, 0) is 43.4 Å². The Morgan fingerprint density at radius 3 is 2.81 bits per heavy atom. The van der Waals surface area contributed by atoms with E-state index in [1.807, 2.05) is 0 Å². The number of carbonyl (C=O) groups excluding carboxylic acids is 2. The summed E-state index contributed by atoms with van der Waals surface area (Å²) in [5.74, 6) is -0.606. The predicted molar refractivity (Wildman–Crippen MR) is 118 cm³/mol. The van der Waals surface area contributed by atoms with Crippen LogP contribution in [-0.4, -0.2) is 39.5 Å². The number of anilines is 1. The molecule has 162 valence electrons. The number of esters is 1. The van der Waals surface area contributed by atoms with Crippen LogP contribution in [0.5, 0.6) is 0 Å². The molecule has 0 bridgehead atoms. The maximum absolute atomic E-state index is 14.1. The van der Waals surface area contributed by atoms with Crippen LogP contribution in [0.4, 0.5) is 9.39 Å². The second-order valence-corrected chi connectivity index (χ2v) is 9.14. The number of methoxy groups -OCH3 is 1. The summed E-state index contributed by atoms with van der Waals surface area (Å²) in [6.07, 6.45) is 3.83. The Kier molecular flexibility index (Phi) is 6.38. The van der Waals surface area contributed by atoms with Crippen LogP contribution in [0.15, 0.2) is 29.4 Å². The molecule has 10 heteroatoms. The monoisotopic (exact) mass is 460 g/mol. The van der Waals surface area contributed by atoms with Crippen molar-refractivity contribution in [3.8, 4) is 11.4 Å². The Hall–Kier alpha value is -2.72. The van der Waals surface area contributed by atoms with Gasteiger partial charge in [0.1, 0.15) is 10.8 Å². The zero-order valence-electron chi connectivity index (χ0n) is 17.1. The third kappa shape index (κ3) is 4.35. The summed E-state index contributed by atoms with van der Waals surface area (Å²) in [5.41, 5.74) is 1.82. The zero-order chi connectivity index (χ0) is 22.0. The maximum atomic E-state index is 14.1. The van der Waals surface area contributed by atoms with Gasteiger partial charge >= 0.3 is 5.97 Å². The Morgan fingerprint density at radius 2 is 2.03 bits per heavy atom. The van der Waals surface area contributed by atoms with Crippen LogP contribution >= 0.6 is 23.1 Å². The van der Waals surface area contributed by atoms with Gasteiger partial charge in [-0.15, -0.1) is 21.5 Å². The summed E-state index contributed by atoms with van der Waals surface area (Å²) >= 11 is 2.64. The molecule has 7 nitrogen and oxygen atoms in total. The van der Waals surface area contributed by atoms with Gasteiger partial charge in [-0.1, -0.05) is 23.9 Å². The first kappa shape index (κ1) is 21.5. The molecule has 0 fully saturated rings. The zero-order valence-corrected chi connectivity index (χ0v) is 18.7. The number of nitrogens with one attached hydrogen (secondary N) is 1. The van der Waals surface area contributed by atoms with E-state index in [-0.39, 0.29) is 17.5 Å². The fourth-order valence-corrected chi connectivity index (χ4v) is 5.59. The first-order valence-corrected chi connectivity index (χ1v) is 11.6. The normalized spacial score (nSPS) is 13.0. The lowest BCUT2D eigenvalue weighted by atomic mass is 9.95. The molecule has 0 aliphatic heterocycles. The average molecular weight is 461 g/mol. The first-order valence-electron chi connectivity index (χ1n) is 9.79. The van der Waals surface area contributed by atoms with Crippen LogP contribution in [0, 0.1) is 5.82 Å². The number of thiophene rings is 1. The van der Waals surface area contributed by atoms with Gasteiger partial charge in [-0.25, -0.2) is 9.18 Å². The van der Waals surface area contributed by atoms with Gasteiger partial charge in [0.25, 0.3) is 0 Å². The van der Waals surface area contributed by atoms with Crippen molar-refractivity contribution in [1.82, 2.24) is 14.8 Å². The summed E-state index contributed by atoms with van der Waals surface area (Å²) < 4.78 is 20.7. The minimum Gasteiger partial charge on any atom is -0.465 e. The molecule has 1 N–H and O–H groups in total. The number of aryl methyl sites for hydroxylation is 1. The number of carbonyl (C=O) groups is 2. The van der Waals surface area contributed by atoms with Gasteiger partial charge in [0, 0.05) is 11.9 Å². The topological polar surface area (TPSA) is 86.1 Å². The quantitative estimate of drug-likeness (QED) is 0.441. The number of ether oxygens (including phenoxy) is 1. The molecule has 3 aromatic rings. The van der Waals surface area contributed by atoms with Gasteiger partial charge in [-0.3, -0.25) is 4.79 Å². The number of hydrogen-bond acceptors (Lipinski definition) is 7. The van der Waals surface area contributed by atoms with Crippen molar-refractivity contribution in [2.75, 3.05) is 18.2 Å². The average Bonchev–Trinajstić information content (AvgIpc) is 3.32. The van der Waals surface area contributed by atoms with E-state index in [0.29, 0.717) is 27.1 Å². The van der Waals surface area contributed by atoms with E-state index in [2.05, 4.69) is 15.5 Å². The van der Waals surface area contributed by atoms with E-state index >= 15 is 0 Å². The molecule has 1 aliphatic carbocycles. The van der Waals surface area contributed by atoms with Crippen molar-refractivity contribution in [2.24, 2.45) is 7.05 Å². The van der Waals surface area contributed by atoms with Crippen molar-refractivity contribution >= 4 is 40.0 Å². The minimum absolute atomic E-state index is 0.0758. The molecule has 1 amide bonds. The second kappa shape index (κ2) is 9.19. The lowest BCUT2D eigenvalue weighted by Crippen LogP contribution is -2.17. The van der Waals surface area contributed by atoms with Crippen molar-refractivity contribution in [2.45, 2.75) is 30.8 Å². The standard InChI is InChI=1S/C21H21FN4O3S2/c1-26-18(12-7-3-5-9-14(12)22)24-25-21(26)30-11-16(27)23-19-17(20(28)29-2)13-8-4-6-10-15(13)31-19/h3,5,7,9H,4,6,8,10-11H2,1-2H3,(H,23,27). The van der Waals surface area contributed by atoms with Gasteiger partial charge in [-0.2, -0.15) is 0 Å². The van der Waals surface area contributed by atoms with E-state index in [1.54, 1.807) is 29.8 Å². The minimum atomic E-state index is -0.426. The van der Waals surface area contributed by atoms with Crippen LogP contribution in [0.3, 0.4) is 0 Å². The van der Waals surface area contributed by atoms with E-state index in [4.69, 9.17) is 4.74 Å². The number of benzene rings is 1. The molecule has 31 heavy (non-hydrogen) atoms. The summed E-state index contributed by atoms with van der Waals surface area (Å²) in [6, 6.07) is 6.34. The number of halogens is 1. The van der Waals surface area contributed by atoms with Crippen LogP contribution < -0.4 is 5.32 Å². The van der Waals surface area contributed by atoms with Gasteiger partial charge in [0.2, 0.25) is 5.91 Å². The smallest absolute Gasteiger partial charge is 0.341 e. The number of thioether (sulfide) groups is 1. The number of aromatic nitrogens is 3. The first-order chi connectivity index (χ1) is 15.0. The van der Waals surface area contributed by atoms with Crippen molar-refractivity contribution in [3.63, 3.8) is 0 Å². The molecule has 1 aliphatic rings. The number of fused-ring (bicyclic) bond motifs is 1. The molecule has 0 saturated carbocycles. The van der Waals surface area contributed by atoms with Gasteiger partial charge < -0.3 is 14.6 Å². The highest BCUT2D eigenvalue weighted by Gasteiger charge is 2.27. The highest BCUT2D eigenvalue weighted by atomic mass is 32.2. The Labute approximate surface area is 187 Å². The van der Waals surface area contributed by atoms with Crippen molar-refractivity contribution < 1.29 is 18.7 Å². The third-order valence-electron chi connectivity index (χ3n) is 5.10. The lowest BCUT2D eigenvalue weighted by Gasteiger charge is -2.11. The molecular weight excluding hydrogens is 439 g/mol. The van der Waals surface area contributed by atoms with E-state index in [1.165, 1.54) is 36.3 Å². The molecule has 4 rings (SSSR count). The lowest BCUT2D eigenvalue weighted by molar-refractivity contribution is -0.113. The van der Waals surface area contributed by atoms with Crippen LogP contribution in [-0.2, 0) is 29.4 Å². The van der Waals surface area contributed by atoms with Gasteiger partial charge in [0.15, 0.2) is 11.0 Å². The van der Waals surface area contributed by atoms with E-state index in [0.717, 1.165) is 36.1 Å². The molecule has 0 atom stereocenters. The number of hydrogen-bond donors (Lipinski definition) is 1. The molecule has 0 unspecified atom stereocenters. The Balaban J connectivity index is 1.47. The van der Waals surface area contributed by atoms with Gasteiger partial charge in [0.05, 0.1) is 24.0 Å². The SMILES string of the molecule is COC(=O)c1c(NC(=O)CSc2nnc(-c3ccccc3F)n2C)sc2c1CCCC2. The third-order valence-corrected chi connectivity index (χ3v) is 7.32. The summed E-state index contributed by atoms with van der Waals surface area (Å²) in [4.78, 5) is 26.1. The van der Waals surface area contributed by atoms with Crippen LogP contribution in [0.25, 0.3) is 11.4 Å². The molecule has 0 saturated heterocycles.